The number of hydrogen-bond donors (Lipinski definition) is 1. The number of aryl methyl sites for hydroxylation is 1. The third kappa shape index (κ3) is 3.39. The quantitative estimate of drug-likeness (QED) is 0.387. The zero-order chi connectivity index (χ0) is 18.0. The average molecular weight is 342 g/mol. The average Bonchev–Trinajstić information content (AvgIpc) is 3.15. The van der Waals surface area contributed by atoms with E-state index in [9.17, 15) is 19.7 Å². The molecule has 0 saturated carbocycles. The number of nitrogens with one attached hydrogen (secondary N) is 1. The molecule has 1 fully saturated rings. The lowest BCUT2D eigenvalue weighted by Gasteiger charge is -2.03. The second-order valence-corrected chi connectivity index (χ2v) is 5.31. The summed E-state index contributed by atoms with van der Waals surface area (Å²) in [6.07, 6.45) is 2.05. The summed E-state index contributed by atoms with van der Waals surface area (Å²) in [5.41, 5.74) is 1.55. The van der Waals surface area contributed by atoms with Crippen molar-refractivity contribution in [1.82, 2.24) is 10.3 Å². The van der Waals surface area contributed by atoms with Crippen molar-refractivity contribution in [2.24, 2.45) is 5.10 Å². The highest BCUT2D eigenvalue weighted by Gasteiger charge is 2.26. The molecule has 1 aromatic heterocycles. The van der Waals surface area contributed by atoms with Crippen molar-refractivity contribution in [3.05, 3.63) is 51.8 Å². The number of hydrazone groups is 1. The molecule has 3 rings (SSSR count). The van der Waals surface area contributed by atoms with Crippen LogP contribution in [0, 0.1) is 10.1 Å². The fourth-order valence-electron chi connectivity index (χ4n) is 2.36. The van der Waals surface area contributed by atoms with Crippen molar-refractivity contribution in [2.45, 2.75) is 13.3 Å². The van der Waals surface area contributed by atoms with Gasteiger partial charge >= 0.3 is 6.03 Å². The van der Waals surface area contributed by atoms with Crippen LogP contribution >= 0.6 is 0 Å². The number of nitro groups is 1. The lowest BCUT2D eigenvalue weighted by Crippen LogP contribution is -2.24. The van der Waals surface area contributed by atoms with Gasteiger partial charge in [-0.2, -0.15) is 5.10 Å². The number of non-ortho nitro benzene ring substituents is 1. The third-order valence-electron chi connectivity index (χ3n) is 3.67. The molecule has 1 aromatic carbocycles. The molecule has 9 nitrogen and oxygen atoms in total. The van der Waals surface area contributed by atoms with Gasteiger partial charge in [-0.25, -0.2) is 9.80 Å². The van der Waals surface area contributed by atoms with Crippen LogP contribution in [0.1, 0.15) is 18.2 Å². The second-order valence-electron chi connectivity index (χ2n) is 5.31. The van der Waals surface area contributed by atoms with E-state index in [1.165, 1.54) is 18.3 Å². The summed E-state index contributed by atoms with van der Waals surface area (Å²) >= 11 is 0. The van der Waals surface area contributed by atoms with Crippen molar-refractivity contribution in [1.29, 1.82) is 0 Å². The van der Waals surface area contributed by atoms with Crippen LogP contribution in [0.2, 0.25) is 0 Å². The lowest BCUT2D eigenvalue weighted by molar-refractivity contribution is -0.384. The maximum Gasteiger partial charge on any atom is 0.344 e. The molecule has 2 heterocycles. The molecule has 1 saturated heterocycles. The summed E-state index contributed by atoms with van der Waals surface area (Å²) in [4.78, 5) is 32.9. The molecule has 128 valence electrons. The number of hydrogen-bond acceptors (Lipinski definition) is 6. The Labute approximate surface area is 142 Å². The van der Waals surface area contributed by atoms with Crippen molar-refractivity contribution in [2.75, 3.05) is 6.54 Å². The molecule has 1 N–H and O–H groups in total. The van der Waals surface area contributed by atoms with Gasteiger partial charge in [-0.15, -0.1) is 0 Å². The van der Waals surface area contributed by atoms with Gasteiger partial charge in [0.25, 0.3) is 5.69 Å². The van der Waals surface area contributed by atoms with Crippen molar-refractivity contribution in [3.8, 4) is 11.3 Å². The number of nitro benzene ring substituents is 1. The van der Waals surface area contributed by atoms with E-state index in [1.54, 1.807) is 12.1 Å². The van der Waals surface area contributed by atoms with Gasteiger partial charge in [-0.3, -0.25) is 20.2 Å². The first-order valence-electron chi connectivity index (χ1n) is 7.50. The summed E-state index contributed by atoms with van der Waals surface area (Å²) in [6, 6.07) is 7.24. The molecular formula is C16H14N4O5. The number of carbonyl (C=O) groups is 2. The highest BCUT2D eigenvalue weighted by molar-refractivity contribution is 6.02. The molecule has 3 amide bonds. The number of nitrogens with zero attached hydrogens (tertiary/aromatic N) is 3. The number of rotatable bonds is 5. The van der Waals surface area contributed by atoms with Gasteiger partial charge < -0.3 is 4.42 Å². The fraction of sp³-hybridized carbons (Fsp3) is 0.188. The normalized spacial score (nSPS) is 14.4. The van der Waals surface area contributed by atoms with Gasteiger partial charge in [0.05, 0.1) is 11.1 Å². The molecule has 0 unspecified atom stereocenters. The lowest BCUT2D eigenvalue weighted by atomic mass is 10.1. The van der Waals surface area contributed by atoms with Crippen LogP contribution in [0.5, 0.6) is 0 Å². The number of furan rings is 1. The Hall–Kier alpha value is -3.49. The number of amides is 3. The monoisotopic (exact) mass is 342 g/mol. The van der Waals surface area contributed by atoms with Crippen LogP contribution in [-0.2, 0) is 11.2 Å². The van der Waals surface area contributed by atoms with Gasteiger partial charge in [-0.05, 0) is 30.2 Å². The zero-order valence-corrected chi connectivity index (χ0v) is 13.3. The van der Waals surface area contributed by atoms with Gasteiger partial charge in [0.15, 0.2) is 5.76 Å². The first-order chi connectivity index (χ1) is 12.0. The van der Waals surface area contributed by atoms with E-state index in [-0.39, 0.29) is 12.2 Å². The summed E-state index contributed by atoms with van der Waals surface area (Å²) < 4.78 is 5.75. The van der Waals surface area contributed by atoms with Crippen LogP contribution in [0.15, 0.2) is 39.9 Å². The second kappa shape index (κ2) is 6.56. The standard InChI is InChI=1S/C16H14N4O5/c1-2-10-7-13(11-3-5-12(6-4-11)20(23)24)25-14(10)8-17-19-9-15(21)18-16(19)22/h3-8H,2,9H2,1H3,(H,18,21,22)/b17-8+. The van der Waals surface area contributed by atoms with E-state index in [0.717, 1.165) is 10.6 Å². The largest absolute Gasteiger partial charge is 0.455 e. The van der Waals surface area contributed by atoms with Gasteiger partial charge in [0, 0.05) is 17.7 Å². The maximum atomic E-state index is 11.5. The van der Waals surface area contributed by atoms with E-state index >= 15 is 0 Å². The van der Waals surface area contributed by atoms with E-state index in [0.29, 0.717) is 23.5 Å². The number of urea groups is 1. The number of benzene rings is 1. The Balaban J connectivity index is 1.85. The first-order valence-corrected chi connectivity index (χ1v) is 7.50. The highest BCUT2D eigenvalue weighted by atomic mass is 16.6. The van der Waals surface area contributed by atoms with E-state index < -0.39 is 16.9 Å². The number of imide groups is 1. The molecule has 0 spiro atoms. The molecule has 1 aliphatic rings. The van der Waals surface area contributed by atoms with Crippen LogP contribution in [-0.4, -0.2) is 34.6 Å². The van der Waals surface area contributed by atoms with Crippen LogP contribution < -0.4 is 5.32 Å². The summed E-state index contributed by atoms with van der Waals surface area (Å²) in [5.74, 6) is 0.585. The highest BCUT2D eigenvalue weighted by Crippen LogP contribution is 2.27. The Morgan fingerprint density at radius 2 is 2.08 bits per heavy atom. The van der Waals surface area contributed by atoms with Gasteiger partial charge in [-0.1, -0.05) is 6.92 Å². The predicted octanol–water partition coefficient (Wildman–Crippen LogP) is 2.30. The third-order valence-corrected chi connectivity index (χ3v) is 3.67. The van der Waals surface area contributed by atoms with E-state index in [4.69, 9.17) is 4.42 Å². The van der Waals surface area contributed by atoms with Crippen molar-refractivity contribution < 1.29 is 18.9 Å². The van der Waals surface area contributed by atoms with Crippen LogP contribution in [0.4, 0.5) is 10.5 Å². The molecule has 25 heavy (non-hydrogen) atoms. The maximum absolute atomic E-state index is 11.5. The Morgan fingerprint density at radius 3 is 2.64 bits per heavy atom. The molecule has 0 radical (unpaired) electrons. The summed E-state index contributed by atoms with van der Waals surface area (Å²) in [6.45, 7) is 1.81. The molecule has 1 aliphatic heterocycles. The Morgan fingerprint density at radius 1 is 1.36 bits per heavy atom. The van der Waals surface area contributed by atoms with Gasteiger partial charge in [0.1, 0.15) is 12.3 Å². The molecule has 0 atom stereocenters. The van der Waals surface area contributed by atoms with Crippen LogP contribution in [0.3, 0.4) is 0 Å². The minimum absolute atomic E-state index is 0.00230. The minimum Gasteiger partial charge on any atom is -0.455 e. The first kappa shape index (κ1) is 16.4. The Bertz CT molecular complexity index is 869. The minimum atomic E-state index is -0.582. The predicted molar refractivity (Wildman–Crippen MR) is 88.0 cm³/mol. The Kier molecular flexibility index (Phi) is 4.29. The molecule has 9 heteroatoms. The summed E-state index contributed by atoms with van der Waals surface area (Å²) in [5, 5.41) is 17.8. The van der Waals surface area contributed by atoms with Crippen molar-refractivity contribution >= 4 is 23.8 Å². The molecule has 2 aromatic rings. The SMILES string of the molecule is CCc1cc(-c2ccc([N+](=O)[O-])cc2)oc1/C=N/N1CC(=O)NC1=O. The van der Waals surface area contributed by atoms with E-state index in [1.807, 2.05) is 13.0 Å². The topological polar surface area (TPSA) is 118 Å². The van der Waals surface area contributed by atoms with Crippen LogP contribution in [0.25, 0.3) is 11.3 Å². The van der Waals surface area contributed by atoms with Gasteiger partial charge in [0.2, 0.25) is 5.91 Å². The smallest absolute Gasteiger partial charge is 0.344 e. The summed E-state index contributed by atoms with van der Waals surface area (Å²) in [7, 11) is 0. The van der Waals surface area contributed by atoms with E-state index in [2.05, 4.69) is 10.4 Å². The number of carbonyl (C=O) groups excluding carboxylic acids is 2. The molecular weight excluding hydrogens is 328 g/mol. The fourth-order valence-corrected chi connectivity index (χ4v) is 2.36. The van der Waals surface area contributed by atoms with Crippen molar-refractivity contribution in [3.63, 3.8) is 0 Å². The molecule has 0 bridgehead atoms. The zero-order valence-electron chi connectivity index (χ0n) is 13.3. The molecule has 0 aliphatic carbocycles.